The van der Waals surface area contributed by atoms with Crippen molar-refractivity contribution in [3.05, 3.63) is 71.3 Å². The van der Waals surface area contributed by atoms with Crippen molar-refractivity contribution < 1.29 is 33.4 Å². The molecule has 1 N–H and O–H groups in total. The number of ether oxygens (including phenoxy) is 2. The van der Waals surface area contributed by atoms with Crippen LogP contribution in [0.25, 0.3) is 0 Å². The summed E-state index contributed by atoms with van der Waals surface area (Å²) in [6.45, 7) is 10.8. The van der Waals surface area contributed by atoms with Gasteiger partial charge in [0, 0.05) is 26.6 Å². The molecule has 278 valence electrons. The monoisotopic (exact) mass is 704 g/mol. The van der Waals surface area contributed by atoms with Gasteiger partial charge in [-0.05, 0) is 88.3 Å². The van der Waals surface area contributed by atoms with E-state index in [1.807, 2.05) is 44.2 Å². The van der Waals surface area contributed by atoms with E-state index in [9.17, 15) is 24.0 Å². The zero-order chi connectivity index (χ0) is 37.3. The minimum absolute atomic E-state index is 0.000997. The first-order chi connectivity index (χ1) is 24.2. The number of carbonyl (C=O) groups is 5. The Morgan fingerprint density at radius 1 is 0.961 bits per heavy atom. The van der Waals surface area contributed by atoms with Gasteiger partial charge in [-0.2, -0.15) is 0 Å². The number of amides is 4. The molecule has 11 nitrogen and oxygen atoms in total. The molecule has 0 radical (unpaired) electrons. The third-order valence-corrected chi connectivity index (χ3v) is 9.84. The highest BCUT2D eigenvalue weighted by molar-refractivity contribution is 5.95. The third-order valence-electron chi connectivity index (χ3n) is 9.84. The zero-order valence-electron chi connectivity index (χ0n) is 31.4. The Hall–Kier alpha value is -4.41. The molecule has 0 spiro atoms. The predicted octanol–water partition coefficient (Wildman–Crippen LogP) is 6.09. The summed E-state index contributed by atoms with van der Waals surface area (Å²) >= 11 is 0. The number of benzene rings is 2. The van der Waals surface area contributed by atoms with Crippen LogP contribution in [0.2, 0.25) is 0 Å². The predicted molar refractivity (Wildman–Crippen MR) is 195 cm³/mol. The Kier molecular flexibility index (Phi) is 13.7. The summed E-state index contributed by atoms with van der Waals surface area (Å²) in [5.74, 6) is -0.981. The van der Waals surface area contributed by atoms with Gasteiger partial charge in [0.05, 0.1) is 6.54 Å². The number of nitrogens with one attached hydrogen (secondary N) is 1. The SMILES string of the molecule is CC(C)C(NC(=O)[C@H](C)N(C)C(=O)OC(C)(C)C)C(=O)N1CCN(C(=O)OCc2ccccc2)C[C@H]1C(=O)CCC[C@@H]1CCCc2ccccc21. The molecule has 1 aliphatic carbocycles. The van der Waals surface area contributed by atoms with Crippen LogP contribution in [0.5, 0.6) is 0 Å². The molecule has 4 rings (SSSR count). The standard InChI is InChI=1S/C40H56N4O7/c1-27(2)35(41-36(46)28(3)42(7)38(48)51-40(4,5)6)37(47)44-24-23-43(39(49)50-26-29-15-9-8-10-16-29)25-33(44)34(45)22-14-20-31-19-13-18-30-17-11-12-21-32(30)31/h8-12,15-17,21,27-28,31,33,35H,13-14,18-20,22-26H2,1-7H3,(H,41,46)/t28-,31-,33-,35?/m0/s1. The Labute approximate surface area is 303 Å². The molecule has 2 aromatic rings. The lowest BCUT2D eigenvalue weighted by molar-refractivity contribution is -0.147. The van der Waals surface area contributed by atoms with Crippen LogP contribution in [-0.4, -0.2) is 94.9 Å². The highest BCUT2D eigenvalue weighted by Gasteiger charge is 2.41. The summed E-state index contributed by atoms with van der Waals surface area (Å²) in [6.07, 6.45) is 3.85. The molecule has 0 bridgehead atoms. The number of ketones is 1. The fourth-order valence-corrected chi connectivity index (χ4v) is 6.78. The van der Waals surface area contributed by atoms with E-state index in [1.165, 1.54) is 32.9 Å². The molecule has 1 fully saturated rings. The normalized spacial score (nSPS) is 18.7. The maximum absolute atomic E-state index is 14.3. The molecule has 4 amide bonds. The van der Waals surface area contributed by atoms with Crippen molar-refractivity contribution in [2.75, 3.05) is 26.7 Å². The zero-order valence-corrected chi connectivity index (χ0v) is 31.4. The molecule has 0 saturated carbocycles. The van der Waals surface area contributed by atoms with Gasteiger partial charge < -0.3 is 24.6 Å². The van der Waals surface area contributed by atoms with Crippen LogP contribution < -0.4 is 5.32 Å². The molecule has 1 unspecified atom stereocenters. The van der Waals surface area contributed by atoms with Crippen LogP contribution >= 0.6 is 0 Å². The average Bonchev–Trinajstić information content (AvgIpc) is 3.11. The number of carbonyl (C=O) groups excluding carboxylic acids is 5. The Bertz CT molecular complexity index is 1520. The van der Waals surface area contributed by atoms with E-state index < -0.39 is 47.7 Å². The van der Waals surface area contributed by atoms with Crippen LogP contribution in [0.15, 0.2) is 54.6 Å². The summed E-state index contributed by atoms with van der Waals surface area (Å²) in [4.78, 5) is 71.8. The maximum Gasteiger partial charge on any atom is 0.410 e. The number of piperazine rings is 1. The minimum Gasteiger partial charge on any atom is -0.445 e. The van der Waals surface area contributed by atoms with Crippen molar-refractivity contribution in [3.63, 3.8) is 0 Å². The molecule has 51 heavy (non-hydrogen) atoms. The first kappa shape index (κ1) is 39.4. The molecule has 1 aliphatic heterocycles. The van der Waals surface area contributed by atoms with Crippen molar-refractivity contribution in [1.82, 2.24) is 20.0 Å². The summed E-state index contributed by atoms with van der Waals surface area (Å²) in [5, 5.41) is 2.84. The average molecular weight is 705 g/mol. The molecule has 1 heterocycles. The number of likely N-dealkylation sites (N-methyl/N-ethyl adjacent to an activating group) is 1. The van der Waals surface area contributed by atoms with E-state index in [0.717, 1.165) is 31.2 Å². The fourth-order valence-electron chi connectivity index (χ4n) is 6.78. The molecular weight excluding hydrogens is 648 g/mol. The Balaban J connectivity index is 1.47. The second kappa shape index (κ2) is 17.7. The number of fused-ring (bicyclic) bond motifs is 1. The summed E-state index contributed by atoms with van der Waals surface area (Å²) in [7, 11) is 1.47. The minimum atomic E-state index is -0.961. The van der Waals surface area contributed by atoms with Crippen LogP contribution in [0.4, 0.5) is 9.59 Å². The second-order valence-corrected chi connectivity index (χ2v) is 15.2. The molecule has 1 saturated heterocycles. The van der Waals surface area contributed by atoms with Crippen LogP contribution in [-0.2, 0) is 36.9 Å². The summed E-state index contributed by atoms with van der Waals surface area (Å²) in [5.41, 5.74) is 2.84. The lowest BCUT2D eigenvalue weighted by Gasteiger charge is -2.42. The van der Waals surface area contributed by atoms with Crippen molar-refractivity contribution >= 4 is 29.8 Å². The maximum atomic E-state index is 14.3. The highest BCUT2D eigenvalue weighted by Crippen LogP contribution is 2.35. The highest BCUT2D eigenvalue weighted by atomic mass is 16.6. The quantitative estimate of drug-likeness (QED) is 0.284. The first-order valence-electron chi connectivity index (χ1n) is 18.3. The number of nitrogens with zero attached hydrogens (tertiary/aromatic N) is 3. The van der Waals surface area contributed by atoms with E-state index in [-0.39, 0.29) is 44.4 Å². The number of hydrogen-bond donors (Lipinski definition) is 1. The summed E-state index contributed by atoms with van der Waals surface area (Å²) < 4.78 is 11.0. The smallest absolute Gasteiger partial charge is 0.410 e. The number of Topliss-reactive ketones (excluding diaryl/α,β-unsaturated/α-hetero) is 1. The largest absolute Gasteiger partial charge is 0.445 e. The molecule has 2 aromatic carbocycles. The lowest BCUT2D eigenvalue weighted by atomic mass is 9.80. The van der Waals surface area contributed by atoms with Crippen LogP contribution in [0.3, 0.4) is 0 Å². The molecule has 4 atom stereocenters. The number of aryl methyl sites for hydroxylation is 1. The third kappa shape index (κ3) is 10.8. The van der Waals surface area contributed by atoms with Crippen molar-refractivity contribution in [2.24, 2.45) is 5.92 Å². The molecule has 11 heteroatoms. The number of rotatable bonds is 12. The topological polar surface area (TPSA) is 126 Å². The molecule has 2 aliphatic rings. The van der Waals surface area contributed by atoms with Crippen LogP contribution in [0, 0.1) is 5.92 Å². The van der Waals surface area contributed by atoms with E-state index in [0.29, 0.717) is 12.3 Å². The van der Waals surface area contributed by atoms with Gasteiger partial charge in [0.25, 0.3) is 0 Å². The fraction of sp³-hybridized carbons (Fsp3) is 0.575. The number of hydrogen-bond acceptors (Lipinski definition) is 7. The van der Waals surface area contributed by atoms with E-state index in [2.05, 4.69) is 29.6 Å². The van der Waals surface area contributed by atoms with E-state index in [4.69, 9.17) is 9.47 Å². The van der Waals surface area contributed by atoms with Gasteiger partial charge in [-0.25, -0.2) is 9.59 Å². The Morgan fingerprint density at radius 2 is 1.65 bits per heavy atom. The van der Waals surface area contributed by atoms with Gasteiger partial charge in [-0.3, -0.25) is 19.3 Å². The van der Waals surface area contributed by atoms with Gasteiger partial charge in [-0.15, -0.1) is 0 Å². The summed E-state index contributed by atoms with van der Waals surface area (Å²) in [6, 6.07) is 15.1. The van der Waals surface area contributed by atoms with Crippen LogP contribution in [0.1, 0.15) is 96.3 Å². The van der Waals surface area contributed by atoms with Gasteiger partial charge in [-0.1, -0.05) is 68.4 Å². The van der Waals surface area contributed by atoms with Crippen molar-refractivity contribution in [3.8, 4) is 0 Å². The van der Waals surface area contributed by atoms with Gasteiger partial charge in [0.1, 0.15) is 30.3 Å². The van der Waals surface area contributed by atoms with Gasteiger partial charge >= 0.3 is 12.2 Å². The van der Waals surface area contributed by atoms with Crippen molar-refractivity contribution in [2.45, 2.75) is 116 Å². The Morgan fingerprint density at radius 3 is 2.33 bits per heavy atom. The van der Waals surface area contributed by atoms with Gasteiger partial charge in [0.2, 0.25) is 11.8 Å². The molecule has 0 aromatic heterocycles. The van der Waals surface area contributed by atoms with E-state index >= 15 is 0 Å². The molecular formula is C40H56N4O7. The van der Waals surface area contributed by atoms with Gasteiger partial charge in [0.15, 0.2) is 5.78 Å². The lowest BCUT2D eigenvalue weighted by Crippen LogP contribution is -2.64. The van der Waals surface area contributed by atoms with Crippen molar-refractivity contribution in [1.29, 1.82) is 0 Å². The first-order valence-corrected chi connectivity index (χ1v) is 18.3. The second-order valence-electron chi connectivity index (χ2n) is 15.2. The van der Waals surface area contributed by atoms with E-state index in [1.54, 1.807) is 27.7 Å².